The number of rotatable bonds is 4. The Hall–Kier alpha value is -2.17. The number of hydrogen-bond donors (Lipinski definition) is 0. The Kier molecular flexibility index (Phi) is 4.40. The van der Waals surface area contributed by atoms with Gasteiger partial charge in [0.25, 0.3) is 5.56 Å². The third kappa shape index (κ3) is 2.68. The van der Waals surface area contributed by atoms with Crippen LogP contribution in [0.1, 0.15) is 32.5 Å². The first kappa shape index (κ1) is 15.2. The number of hydrogen-bond acceptors (Lipinski definition) is 3. The topological polar surface area (TPSA) is 55.2 Å². The van der Waals surface area contributed by atoms with Gasteiger partial charge in [0.1, 0.15) is 6.04 Å². The van der Waals surface area contributed by atoms with Crippen molar-refractivity contribution >= 4 is 16.7 Å². The maximum atomic E-state index is 12.6. The highest BCUT2D eigenvalue weighted by Gasteiger charge is 2.22. The standard InChI is InChI=1S/C16H21N3O2/c1-5-18(6-2)15(20)12(4)19-16(21)14-10-8-7-9-13(14)11(3)17-19/h7-10,12H,5-6H2,1-4H3/t12-/m1/s1. The predicted molar refractivity (Wildman–Crippen MR) is 83.4 cm³/mol. The van der Waals surface area contributed by atoms with Crippen LogP contribution in [-0.2, 0) is 4.79 Å². The zero-order chi connectivity index (χ0) is 15.6. The summed E-state index contributed by atoms with van der Waals surface area (Å²) in [6.07, 6.45) is 0. The molecular weight excluding hydrogens is 266 g/mol. The molecule has 0 N–H and O–H groups in total. The van der Waals surface area contributed by atoms with E-state index in [9.17, 15) is 9.59 Å². The smallest absolute Gasteiger partial charge is 0.275 e. The third-order valence-corrected chi connectivity index (χ3v) is 3.81. The van der Waals surface area contributed by atoms with Crippen molar-refractivity contribution in [2.75, 3.05) is 13.1 Å². The lowest BCUT2D eigenvalue weighted by Gasteiger charge is -2.23. The normalized spacial score (nSPS) is 12.4. The summed E-state index contributed by atoms with van der Waals surface area (Å²) in [7, 11) is 0. The average molecular weight is 287 g/mol. The number of carbonyl (C=O) groups excluding carboxylic acids is 1. The molecule has 21 heavy (non-hydrogen) atoms. The molecule has 0 aliphatic heterocycles. The van der Waals surface area contributed by atoms with Crippen LogP contribution >= 0.6 is 0 Å². The summed E-state index contributed by atoms with van der Waals surface area (Å²) in [5.74, 6) is -0.0794. The molecule has 0 saturated heterocycles. The van der Waals surface area contributed by atoms with Gasteiger partial charge in [-0.25, -0.2) is 4.68 Å². The molecule has 0 saturated carbocycles. The molecule has 1 amide bonds. The Morgan fingerprint density at radius 1 is 1.24 bits per heavy atom. The van der Waals surface area contributed by atoms with Crippen LogP contribution in [0.4, 0.5) is 0 Å². The Morgan fingerprint density at radius 3 is 2.38 bits per heavy atom. The van der Waals surface area contributed by atoms with E-state index in [1.165, 1.54) is 4.68 Å². The zero-order valence-corrected chi connectivity index (χ0v) is 13.0. The Balaban J connectivity index is 2.54. The van der Waals surface area contributed by atoms with Crippen LogP contribution in [0.5, 0.6) is 0 Å². The highest BCUT2D eigenvalue weighted by atomic mass is 16.2. The second kappa shape index (κ2) is 6.08. The van der Waals surface area contributed by atoms with Crippen molar-refractivity contribution in [3.63, 3.8) is 0 Å². The van der Waals surface area contributed by atoms with Gasteiger partial charge in [-0.05, 0) is 33.8 Å². The molecule has 5 heteroatoms. The molecule has 0 radical (unpaired) electrons. The van der Waals surface area contributed by atoms with E-state index in [2.05, 4.69) is 5.10 Å². The highest BCUT2D eigenvalue weighted by molar-refractivity contribution is 5.84. The van der Waals surface area contributed by atoms with Crippen molar-refractivity contribution in [3.8, 4) is 0 Å². The van der Waals surface area contributed by atoms with Crippen molar-refractivity contribution in [3.05, 3.63) is 40.3 Å². The van der Waals surface area contributed by atoms with Gasteiger partial charge < -0.3 is 4.90 Å². The van der Waals surface area contributed by atoms with E-state index in [4.69, 9.17) is 0 Å². The molecule has 2 aromatic rings. The monoisotopic (exact) mass is 287 g/mol. The van der Waals surface area contributed by atoms with E-state index in [0.717, 1.165) is 11.1 Å². The van der Waals surface area contributed by atoms with Gasteiger partial charge in [-0.3, -0.25) is 9.59 Å². The number of benzene rings is 1. The highest BCUT2D eigenvalue weighted by Crippen LogP contribution is 2.14. The maximum absolute atomic E-state index is 12.6. The van der Waals surface area contributed by atoms with Crippen LogP contribution in [-0.4, -0.2) is 33.7 Å². The molecule has 0 bridgehead atoms. The first-order valence-electron chi connectivity index (χ1n) is 7.28. The van der Waals surface area contributed by atoms with E-state index in [1.807, 2.05) is 39.0 Å². The summed E-state index contributed by atoms with van der Waals surface area (Å²) >= 11 is 0. The van der Waals surface area contributed by atoms with E-state index < -0.39 is 6.04 Å². The quantitative estimate of drug-likeness (QED) is 0.865. The summed E-state index contributed by atoms with van der Waals surface area (Å²) in [6, 6.07) is 6.76. The number of amides is 1. The lowest BCUT2D eigenvalue weighted by atomic mass is 10.1. The molecule has 1 heterocycles. The molecule has 0 aliphatic carbocycles. The van der Waals surface area contributed by atoms with Gasteiger partial charge in [0.2, 0.25) is 5.91 Å². The Morgan fingerprint density at radius 2 is 1.81 bits per heavy atom. The summed E-state index contributed by atoms with van der Waals surface area (Å²) in [5, 5.41) is 5.77. The summed E-state index contributed by atoms with van der Waals surface area (Å²) in [6.45, 7) is 8.68. The summed E-state index contributed by atoms with van der Waals surface area (Å²) in [5.41, 5.74) is 0.536. The fourth-order valence-corrected chi connectivity index (χ4v) is 2.54. The van der Waals surface area contributed by atoms with E-state index >= 15 is 0 Å². The Labute approximate surface area is 124 Å². The number of carbonyl (C=O) groups is 1. The lowest BCUT2D eigenvalue weighted by Crippen LogP contribution is -2.40. The first-order valence-corrected chi connectivity index (χ1v) is 7.28. The van der Waals surface area contributed by atoms with E-state index in [0.29, 0.717) is 18.5 Å². The second-order valence-electron chi connectivity index (χ2n) is 5.07. The van der Waals surface area contributed by atoms with Crippen molar-refractivity contribution in [1.29, 1.82) is 0 Å². The van der Waals surface area contributed by atoms with Crippen molar-refractivity contribution in [1.82, 2.24) is 14.7 Å². The SMILES string of the molecule is CCN(CC)C(=O)[C@@H](C)n1nc(C)c2ccccc2c1=O. The second-order valence-corrected chi connectivity index (χ2v) is 5.07. The van der Waals surface area contributed by atoms with E-state index in [1.54, 1.807) is 17.9 Å². The summed E-state index contributed by atoms with van der Waals surface area (Å²) < 4.78 is 1.30. The van der Waals surface area contributed by atoms with Gasteiger partial charge in [-0.2, -0.15) is 5.10 Å². The molecule has 1 aromatic heterocycles. The van der Waals surface area contributed by atoms with Crippen molar-refractivity contribution in [2.45, 2.75) is 33.7 Å². The molecule has 0 fully saturated rings. The fraction of sp³-hybridized carbons (Fsp3) is 0.438. The van der Waals surface area contributed by atoms with Gasteiger partial charge in [-0.15, -0.1) is 0 Å². The van der Waals surface area contributed by atoms with Crippen LogP contribution in [0.3, 0.4) is 0 Å². The minimum Gasteiger partial charge on any atom is -0.341 e. The molecule has 112 valence electrons. The minimum absolute atomic E-state index is 0.0794. The number of aromatic nitrogens is 2. The molecule has 1 atom stereocenters. The van der Waals surface area contributed by atoms with Crippen molar-refractivity contribution < 1.29 is 4.79 Å². The molecule has 0 aliphatic rings. The van der Waals surface area contributed by atoms with Gasteiger partial charge in [0, 0.05) is 18.5 Å². The predicted octanol–water partition coefficient (Wildman–Crippen LogP) is 2.13. The molecular formula is C16H21N3O2. The van der Waals surface area contributed by atoms with Crippen LogP contribution in [0.2, 0.25) is 0 Å². The van der Waals surface area contributed by atoms with Crippen LogP contribution in [0.15, 0.2) is 29.1 Å². The molecule has 2 rings (SSSR count). The zero-order valence-electron chi connectivity index (χ0n) is 13.0. The number of likely N-dealkylation sites (N-methyl/N-ethyl adjacent to an activating group) is 1. The molecule has 0 unspecified atom stereocenters. The molecule has 0 spiro atoms. The van der Waals surface area contributed by atoms with Crippen LogP contribution in [0, 0.1) is 6.92 Å². The lowest BCUT2D eigenvalue weighted by molar-refractivity contribution is -0.134. The minimum atomic E-state index is -0.597. The van der Waals surface area contributed by atoms with E-state index in [-0.39, 0.29) is 11.5 Å². The first-order chi connectivity index (χ1) is 10.0. The number of fused-ring (bicyclic) bond motifs is 1. The maximum Gasteiger partial charge on any atom is 0.275 e. The number of aryl methyl sites for hydroxylation is 1. The van der Waals surface area contributed by atoms with Gasteiger partial charge >= 0.3 is 0 Å². The van der Waals surface area contributed by atoms with Crippen LogP contribution in [0.25, 0.3) is 10.8 Å². The Bertz CT molecular complexity index is 717. The van der Waals surface area contributed by atoms with Crippen LogP contribution < -0.4 is 5.56 Å². The fourth-order valence-electron chi connectivity index (χ4n) is 2.54. The molecule has 5 nitrogen and oxygen atoms in total. The van der Waals surface area contributed by atoms with Crippen molar-refractivity contribution in [2.24, 2.45) is 0 Å². The summed E-state index contributed by atoms with van der Waals surface area (Å²) in [4.78, 5) is 26.7. The third-order valence-electron chi connectivity index (χ3n) is 3.81. The van der Waals surface area contributed by atoms with Gasteiger partial charge in [0.05, 0.1) is 11.1 Å². The largest absolute Gasteiger partial charge is 0.341 e. The average Bonchev–Trinajstić information content (AvgIpc) is 2.51. The molecule has 1 aromatic carbocycles. The number of nitrogens with zero attached hydrogens (tertiary/aromatic N) is 3. The van der Waals surface area contributed by atoms with Gasteiger partial charge in [0.15, 0.2) is 0 Å². The van der Waals surface area contributed by atoms with Gasteiger partial charge in [-0.1, -0.05) is 18.2 Å².